The van der Waals surface area contributed by atoms with Crippen molar-refractivity contribution in [1.82, 2.24) is 19.0 Å². The fourth-order valence-corrected chi connectivity index (χ4v) is 1.50. The van der Waals surface area contributed by atoms with Crippen molar-refractivity contribution in [3.05, 3.63) is 35.9 Å². The summed E-state index contributed by atoms with van der Waals surface area (Å²) in [6, 6.07) is 3.13. The molecule has 1 amide bonds. The molecule has 0 radical (unpaired) electrons. The van der Waals surface area contributed by atoms with Crippen LogP contribution in [0.3, 0.4) is 0 Å². The van der Waals surface area contributed by atoms with E-state index in [-0.39, 0.29) is 23.9 Å². The highest BCUT2D eigenvalue weighted by molar-refractivity contribution is 6.99. The molecule has 0 unspecified atom stereocenters. The second kappa shape index (κ2) is 4.67. The Kier molecular flexibility index (Phi) is 3.06. The van der Waals surface area contributed by atoms with E-state index in [9.17, 15) is 9.90 Å². The Bertz CT molecular complexity index is 486. The van der Waals surface area contributed by atoms with Crippen molar-refractivity contribution in [2.24, 2.45) is 0 Å². The molecule has 0 spiro atoms. The van der Waals surface area contributed by atoms with Gasteiger partial charge in [-0.1, -0.05) is 0 Å². The van der Waals surface area contributed by atoms with Gasteiger partial charge in [-0.3, -0.25) is 9.78 Å². The number of carbonyl (C=O) groups excluding carboxylic acids is 1. The Balaban J connectivity index is 1.98. The summed E-state index contributed by atoms with van der Waals surface area (Å²) in [4.78, 5) is 15.4. The molecule has 0 aliphatic carbocycles. The molecular formula is C9H8N4O2S. The van der Waals surface area contributed by atoms with Crippen LogP contribution in [-0.4, -0.2) is 24.7 Å². The fourth-order valence-electron chi connectivity index (χ4n) is 1.08. The number of aromatic hydroxyl groups is 1. The number of aromatic nitrogens is 3. The van der Waals surface area contributed by atoms with Gasteiger partial charge in [-0.05, 0) is 12.1 Å². The monoisotopic (exact) mass is 236 g/mol. The molecule has 16 heavy (non-hydrogen) atoms. The second-order valence-electron chi connectivity index (χ2n) is 2.94. The summed E-state index contributed by atoms with van der Waals surface area (Å²) in [6.45, 7) is 0.156. The second-order valence-corrected chi connectivity index (χ2v) is 3.50. The van der Waals surface area contributed by atoms with Crippen LogP contribution in [0.25, 0.3) is 0 Å². The summed E-state index contributed by atoms with van der Waals surface area (Å²) in [5, 5.41) is 12.0. The van der Waals surface area contributed by atoms with E-state index in [1.807, 2.05) is 0 Å². The molecular weight excluding hydrogens is 228 g/mol. The molecule has 7 heteroatoms. The van der Waals surface area contributed by atoms with Crippen molar-refractivity contribution < 1.29 is 9.90 Å². The average molecular weight is 236 g/mol. The largest absolute Gasteiger partial charge is 0.506 e. The number of pyridine rings is 1. The Hall–Kier alpha value is -2.02. The first-order valence-corrected chi connectivity index (χ1v) is 5.19. The van der Waals surface area contributed by atoms with E-state index >= 15 is 0 Å². The minimum Gasteiger partial charge on any atom is -0.506 e. The van der Waals surface area contributed by atoms with Crippen LogP contribution in [0.4, 0.5) is 0 Å². The summed E-state index contributed by atoms with van der Waals surface area (Å²) in [5.41, 5.74) is 0.680. The number of nitrogens with one attached hydrogen (secondary N) is 1. The molecule has 6 nitrogen and oxygen atoms in total. The molecule has 2 heterocycles. The van der Waals surface area contributed by atoms with Crippen LogP contribution in [0.2, 0.25) is 0 Å². The lowest BCUT2D eigenvalue weighted by molar-refractivity contribution is 0.0946. The maximum atomic E-state index is 11.5. The third-order valence-corrected chi connectivity index (χ3v) is 2.35. The standard InChI is InChI=1S/C9H8N4O2S/c14-8-2-1-3-10-6(8)4-11-9(15)7-5-12-16-13-7/h1-3,5,14H,4H2,(H,11,15). The molecule has 0 atom stereocenters. The molecule has 0 bridgehead atoms. The van der Waals surface area contributed by atoms with Gasteiger partial charge >= 0.3 is 0 Å². The topological polar surface area (TPSA) is 88.0 Å². The third-order valence-electron chi connectivity index (χ3n) is 1.88. The quantitative estimate of drug-likeness (QED) is 0.813. The van der Waals surface area contributed by atoms with Gasteiger partial charge in [0.25, 0.3) is 5.91 Å². The van der Waals surface area contributed by atoms with Gasteiger partial charge < -0.3 is 10.4 Å². The molecule has 2 aromatic rings. The fraction of sp³-hybridized carbons (Fsp3) is 0.111. The predicted octanol–water partition coefficient (Wildman–Crippen LogP) is 0.569. The highest BCUT2D eigenvalue weighted by Crippen LogP contribution is 2.11. The zero-order valence-corrected chi connectivity index (χ0v) is 8.94. The molecule has 2 aromatic heterocycles. The molecule has 0 aromatic carbocycles. The van der Waals surface area contributed by atoms with Crippen molar-refractivity contribution in [2.45, 2.75) is 6.54 Å². The zero-order chi connectivity index (χ0) is 11.4. The van der Waals surface area contributed by atoms with E-state index in [0.717, 1.165) is 11.7 Å². The molecule has 82 valence electrons. The molecule has 0 saturated heterocycles. The summed E-state index contributed by atoms with van der Waals surface area (Å²) >= 11 is 0.967. The highest BCUT2D eigenvalue weighted by Gasteiger charge is 2.09. The van der Waals surface area contributed by atoms with Crippen LogP contribution in [-0.2, 0) is 6.54 Å². The summed E-state index contributed by atoms with van der Waals surface area (Å²) in [7, 11) is 0. The van der Waals surface area contributed by atoms with Crippen LogP contribution < -0.4 is 5.32 Å². The average Bonchev–Trinajstić information content (AvgIpc) is 2.81. The first-order chi connectivity index (χ1) is 7.77. The van der Waals surface area contributed by atoms with E-state index in [4.69, 9.17) is 0 Å². The maximum Gasteiger partial charge on any atom is 0.272 e. The van der Waals surface area contributed by atoms with Crippen molar-refractivity contribution in [2.75, 3.05) is 0 Å². The maximum absolute atomic E-state index is 11.5. The molecule has 0 aliphatic heterocycles. The molecule has 0 aliphatic rings. The van der Waals surface area contributed by atoms with E-state index in [2.05, 4.69) is 19.0 Å². The van der Waals surface area contributed by atoms with E-state index in [0.29, 0.717) is 5.69 Å². The number of hydrogen-bond donors (Lipinski definition) is 2. The molecule has 0 saturated carbocycles. The first-order valence-electron chi connectivity index (χ1n) is 4.46. The van der Waals surface area contributed by atoms with Gasteiger partial charge in [0.1, 0.15) is 11.4 Å². The summed E-state index contributed by atoms with van der Waals surface area (Å²) in [6.07, 6.45) is 2.93. The zero-order valence-electron chi connectivity index (χ0n) is 8.12. The van der Waals surface area contributed by atoms with Crippen LogP contribution in [0.15, 0.2) is 24.5 Å². The van der Waals surface area contributed by atoms with Gasteiger partial charge in [0.15, 0.2) is 5.69 Å². The number of hydrogen-bond acceptors (Lipinski definition) is 6. The third kappa shape index (κ3) is 2.31. The van der Waals surface area contributed by atoms with Gasteiger partial charge in [-0.2, -0.15) is 8.75 Å². The molecule has 0 fully saturated rings. The van der Waals surface area contributed by atoms with Crippen LogP contribution in [0.5, 0.6) is 5.75 Å². The minimum atomic E-state index is -0.334. The van der Waals surface area contributed by atoms with Gasteiger partial charge in [0.05, 0.1) is 24.5 Å². The molecule has 2 N–H and O–H groups in total. The number of nitrogens with zero attached hydrogens (tertiary/aromatic N) is 3. The number of rotatable bonds is 3. The van der Waals surface area contributed by atoms with E-state index in [1.165, 1.54) is 12.3 Å². The molecule has 2 rings (SSSR count). The van der Waals surface area contributed by atoms with Crippen molar-refractivity contribution in [1.29, 1.82) is 0 Å². The van der Waals surface area contributed by atoms with Crippen molar-refractivity contribution in [3.63, 3.8) is 0 Å². The number of amides is 1. The SMILES string of the molecule is O=C(NCc1ncccc1O)c1cnsn1. The normalized spacial score (nSPS) is 10.0. The lowest BCUT2D eigenvalue weighted by atomic mass is 10.3. The summed E-state index contributed by atoms with van der Waals surface area (Å²) in [5.74, 6) is -0.280. The van der Waals surface area contributed by atoms with Gasteiger partial charge in [-0.25, -0.2) is 0 Å². The van der Waals surface area contributed by atoms with Gasteiger partial charge in [0, 0.05) is 6.20 Å². The Morgan fingerprint density at radius 2 is 2.44 bits per heavy atom. The lowest BCUT2D eigenvalue weighted by Gasteiger charge is -2.03. The highest BCUT2D eigenvalue weighted by atomic mass is 32.1. The van der Waals surface area contributed by atoms with Crippen molar-refractivity contribution in [3.8, 4) is 5.75 Å². The Morgan fingerprint density at radius 1 is 1.56 bits per heavy atom. The Morgan fingerprint density at radius 3 is 3.12 bits per heavy atom. The summed E-state index contributed by atoms with van der Waals surface area (Å²) < 4.78 is 7.51. The van der Waals surface area contributed by atoms with Gasteiger partial charge in [0.2, 0.25) is 0 Å². The number of carbonyl (C=O) groups is 1. The predicted molar refractivity (Wildman–Crippen MR) is 57.0 cm³/mol. The van der Waals surface area contributed by atoms with Crippen molar-refractivity contribution >= 4 is 17.6 Å². The Labute approximate surface area is 95.3 Å². The smallest absolute Gasteiger partial charge is 0.272 e. The van der Waals surface area contributed by atoms with E-state index < -0.39 is 0 Å². The lowest BCUT2D eigenvalue weighted by Crippen LogP contribution is -2.23. The first kappa shape index (κ1) is 10.5. The van der Waals surface area contributed by atoms with Crippen LogP contribution in [0, 0.1) is 0 Å². The minimum absolute atomic E-state index is 0.0548. The van der Waals surface area contributed by atoms with Crippen LogP contribution >= 0.6 is 11.7 Å². The van der Waals surface area contributed by atoms with Crippen LogP contribution in [0.1, 0.15) is 16.2 Å². The van der Waals surface area contributed by atoms with E-state index in [1.54, 1.807) is 12.3 Å². The van der Waals surface area contributed by atoms with Gasteiger partial charge in [-0.15, -0.1) is 0 Å².